The largest absolute Gasteiger partial charge is 0.369 e. The molecule has 6 rings (SSSR count). The van der Waals surface area contributed by atoms with Gasteiger partial charge in [0.05, 0.1) is 29.4 Å². The molecule has 1 saturated carbocycles. The summed E-state index contributed by atoms with van der Waals surface area (Å²) in [5.41, 5.74) is 5.85. The molecular weight excluding hydrogens is 376 g/mol. The molecule has 1 spiro atoms. The van der Waals surface area contributed by atoms with Gasteiger partial charge in [0, 0.05) is 59.5 Å². The highest BCUT2D eigenvalue weighted by atomic mass is 16.2. The molecular formula is C23H22N6O. The van der Waals surface area contributed by atoms with Gasteiger partial charge in [0.15, 0.2) is 0 Å². The quantitative estimate of drug-likeness (QED) is 0.693. The maximum absolute atomic E-state index is 12.7. The molecule has 2 aromatic heterocycles. The van der Waals surface area contributed by atoms with Gasteiger partial charge in [0.25, 0.3) is 0 Å². The van der Waals surface area contributed by atoms with Gasteiger partial charge in [-0.1, -0.05) is 0 Å². The molecule has 3 aromatic rings. The summed E-state index contributed by atoms with van der Waals surface area (Å²) in [6, 6.07) is 8.24. The molecule has 1 aromatic carbocycles. The second-order valence-electron chi connectivity index (χ2n) is 8.77. The van der Waals surface area contributed by atoms with Gasteiger partial charge in [-0.15, -0.1) is 0 Å². The summed E-state index contributed by atoms with van der Waals surface area (Å²) in [6.45, 7) is 2.78. The molecule has 2 N–H and O–H groups in total. The number of carbonyl (C=O) groups excluding carboxylic acids is 1. The van der Waals surface area contributed by atoms with Crippen LogP contribution in [0.2, 0.25) is 0 Å². The Morgan fingerprint density at radius 1 is 1.23 bits per heavy atom. The second kappa shape index (κ2) is 6.07. The average Bonchev–Trinajstić information content (AvgIpc) is 3.28. The van der Waals surface area contributed by atoms with Crippen molar-refractivity contribution < 1.29 is 4.79 Å². The summed E-state index contributed by atoms with van der Waals surface area (Å²) < 4.78 is 0. The van der Waals surface area contributed by atoms with Crippen LogP contribution in [-0.4, -0.2) is 54.0 Å². The number of aromatic amines is 1. The van der Waals surface area contributed by atoms with Crippen LogP contribution in [0.25, 0.3) is 22.0 Å². The zero-order chi connectivity index (χ0) is 20.5. The molecule has 0 radical (unpaired) electrons. The van der Waals surface area contributed by atoms with Crippen molar-refractivity contribution in [1.82, 2.24) is 14.9 Å². The molecule has 2 fully saturated rings. The normalized spacial score (nSPS) is 19.7. The number of hydrogen-bond acceptors (Lipinski definition) is 5. The first kappa shape index (κ1) is 17.5. The first-order chi connectivity index (χ1) is 14.6. The van der Waals surface area contributed by atoms with E-state index in [1.807, 2.05) is 36.5 Å². The molecule has 4 heterocycles. The molecule has 7 nitrogen and oxygen atoms in total. The predicted octanol–water partition coefficient (Wildman–Crippen LogP) is 2.84. The van der Waals surface area contributed by atoms with Crippen LogP contribution in [0.5, 0.6) is 0 Å². The van der Waals surface area contributed by atoms with Crippen molar-refractivity contribution in [1.29, 1.82) is 5.26 Å². The van der Waals surface area contributed by atoms with Crippen LogP contribution in [0.3, 0.4) is 0 Å². The Hall–Kier alpha value is -3.37. The number of carbonyl (C=O) groups is 1. The maximum atomic E-state index is 12.7. The third-order valence-corrected chi connectivity index (χ3v) is 6.82. The molecule has 3 aliphatic rings. The Morgan fingerprint density at radius 2 is 2.10 bits per heavy atom. The van der Waals surface area contributed by atoms with Gasteiger partial charge in [-0.05, 0) is 38.1 Å². The topological polar surface area (TPSA) is 88.0 Å². The van der Waals surface area contributed by atoms with Crippen LogP contribution in [0.1, 0.15) is 24.0 Å². The number of amides is 1. The first-order valence-electron chi connectivity index (χ1n) is 10.4. The number of benzene rings is 1. The molecule has 150 valence electrons. The molecule has 7 heteroatoms. The number of aromatic nitrogens is 2. The summed E-state index contributed by atoms with van der Waals surface area (Å²) in [4.78, 5) is 24.6. The Balaban J connectivity index is 1.50. The molecule has 1 aliphatic carbocycles. The van der Waals surface area contributed by atoms with E-state index in [4.69, 9.17) is 0 Å². The van der Waals surface area contributed by atoms with E-state index in [1.165, 1.54) is 18.4 Å². The summed E-state index contributed by atoms with van der Waals surface area (Å²) in [6.07, 6.45) is 6.29. The van der Waals surface area contributed by atoms with E-state index < -0.39 is 0 Å². The number of nitriles is 1. The van der Waals surface area contributed by atoms with Crippen molar-refractivity contribution in [2.75, 3.05) is 43.4 Å². The number of piperazine rings is 1. The lowest BCUT2D eigenvalue weighted by atomic mass is 9.96. The Labute approximate surface area is 174 Å². The van der Waals surface area contributed by atoms with Crippen molar-refractivity contribution in [3.05, 3.63) is 41.7 Å². The van der Waals surface area contributed by atoms with Gasteiger partial charge >= 0.3 is 0 Å². The molecule has 1 amide bonds. The number of fused-ring (bicyclic) bond motifs is 3. The highest BCUT2D eigenvalue weighted by Gasteiger charge is 2.49. The summed E-state index contributed by atoms with van der Waals surface area (Å²) in [5, 5.41) is 14.0. The molecule has 0 atom stereocenters. The minimum atomic E-state index is 0.0530. The van der Waals surface area contributed by atoms with E-state index in [0.717, 1.165) is 46.6 Å². The van der Waals surface area contributed by atoms with E-state index in [-0.39, 0.29) is 11.3 Å². The summed E-state index contributed by atoms with van der Waals surface area (Å²) in [7, 11) is 1.95. The molecule has 0 unspecified atom stereocenters. The number of nitrogens with one attached hydrogen (secondary N) is 2. The van der Waals surface area contributed by atoms with E-state index in [0.29, 0.717) is 18.7 Å². The lowest BCUT2D eigenvalue weighted by Crippen LogP contribution is -2.49. The lowest BCUT2D eigenvalue weighted by Gasteiger charge is -2.32. The lowest BCUT2D eigenvalue weighted by molar-refractivity contribution is -0.120. The predicted molar refractivity (Wildman–Crippen MR) is 115 cm³/mol. The smallest absolute Gasteiger partial charge is 0.241 e. The van der Waals surface area contributed by atoms with Gasteiger partial charge in [-0.2, -0.15) is 5.26 Å². The SMILES string of the molecule is CN1CCN(c2cc(C#N)cc3c(-c4cnc5c(c4)C4(CC4)CN5)c[nH]c23)C(=O)C1. The number of likely N-dealkylation sites (N-methyl/N-ethyl adjacent to an activating group) is 1. The van der Waals surface area contributed by atoms with Gasteiger partial charge in [-0.25, -0.2) is 4.98 Å². The van der Waals surface area contributed by atoms with Gasteiger partial charge in [-0.3, -0.25) is 9.69 Å². The van der Waals surface area contributed by atoms with Crippen LogP contribution in [0, 0.1) is 11.3 Å². The minimum absolute atomic E-state index is 0.0530. The highest BCUT2D eigenvalue weighted by molar-refractivity contribution is 6.08. The minimum Gasteiger partial charge on any atom is -0.369 e. The fraction of sp³-hybridized carbons (Fsp3) is 0.348. The average molecular weight is 398 g/mol. The number of anilines is 2. The number of hydrogen-bond donors (Lipinski definition) is 2. The van der Waals surface area contributed by atoms with Gasteiger partial charge < -0.3 is 15.2 Å². The number of nitrogens with zero attached hydrogens (tertiary/aromatic N) is 4. The van der Waals surface area contributed by atoms with Crippen molar-refractivity contribution in [3.8, 4) is 17.2 Å². The van der Waals surface area contributed by atoms with Crippen molar-refractivity contribution >= 4 is 28.3 Å². The zero-order valence-electron chi connectivity index (χ0n) is 16.8. The fourth-order valence-electron chi connectivity index (χ4n) is 4.88. The highest BCUT2D eigenvalue weighted by Crippen LogP contribution is 2.54. The molecule has 1 saturated heterocycles. The van der Waals surface area contributed by atoms with Crippen LogP contribution in [0.15, 0.2) is 30.6 Å². The Kier molecular flexibility index (Phi) is 3.54. The Bertz CT molecular complexity index is 1250. The second-order valence-corrected chi connectivity index (χ2v) is 8.77. The van der Waals surface area contributed by atoms with Crippen LogP contribution < -0.4 is 10.2 Å². The van der Waals surface area contributed by atoms with E-state index in [9.17, 15) is 10.1 Å². The van der Waals surface area contributed by atoms with Crippen molar-refractivity contribution in [2.45, 2.75) is 18.3 Å². The number of rotatable bonds is 2. The zero-order valence-corrected chi connectivity index (χ0v) is 16.8. The maximum Gasteiger partial charge on any atom is 0.241 e. The molecule has 2 aliphatic heterocycles. The Morgan fingerprint density at radius 3 is 2.87 bits per heavy atom. The van der Waals surface area contributed by atoms with E-state index in [1.54, 1.807) is 4.90 Å². The van der Waals surface area contributed by atoms with Crippen LogP contribution in [-0.2, 0) is 10.2 Å². The van der Waals surface area contributed by atoms with Crippen molar-refractivity contribution in [2.24, 2.45) is 0 Å². The monoisotopic (exact) mass is 398 g/mol. The van der Waals surface area contributed by atoms with Gasteiger partial charge in [0.1, 0.15) is 5.82 Å². The molecule has 30 heavy (non-hydrogen) atoms. The van der Waals surface area contributed by atoms with E-state index in [2.05, 4.69) is 27.4 Å². The van der Waals surface area contributed by atoms with Gasteiger partial charge in [0.2, 0.25) is 5.91 Å². The fourth-order valence-corrected chi connectivity index (χ4v) is 4.88. The van der Waals surface area contributed by atoms with Crippen LogP contribution >= 0.6 is 0 Å². The summed E-state index contributed by atoms with van der Waals surface area (Å²) >= 11 is 0. The first-order valence-corrected chi connectivity index (χ1v) is 10.4. The van der Waals surface area contributed by atoms with Crippen LogP contribution in [0.4, 0.5) is 11.5 Å². The molecule has 0 bridgehead atoms. The summed E-state index contributed by atoms with van der Waals surface area (Å²) in [5.74, 6) is 1.05. The number of pyridine rings is 1. The van der Waals surface area contributed by atoms with E-state index >= 15 is 0 Å². The third kappa shape index (κ3) is 2.47. The number of H-pyrrole nitrogens is 1. The standard InChI is InChI=1S/C23H22N6O/c1-28-4-5-29(20(30)12-28)19-7-14(9-24)6-16-17(11-25-21(16)19)15-8-18-22(26-10-15)27-13-23(18)2-3-23/h6-8,10-11,25H,2-5,12-13H2,1H3,(H,26,27). The third-order valence-electron chi connectivity index (χ3n) is 6.82. The van der Waals surface area contributed by atoms with Crippen molar-refractivity contribution in [3.63, 3.8) is 0 Å².